The molecule has 0 unspecified atom stereocenters. The molecule has 0 saturated carbocycles. The van der Waals surface area contributed by atoms with Crippen LogP contribution in [0.4, 0.5) is 0 Å². The van der Waals surface area contributed by atoms with Crippen molar-refractivity contribution in [1.29, 1.82) is 0 Å². The fourth-order valence-electron chi connectivity index (χ4n) is 2.75. The van der Waals surface area contributed by atoms with E-state index in [2.05, 4.69) is 9.29 Å². The van der Waals surface area contributed by atoms with Gasteiger partial charge < -0.3 is 14.0 Å². The van der Waals surface area contributed by atoms with E-state index in [0.717, 1.165) is 39.7 Å². The van der Waals surface area contributed by atoms with Gasteiger partial charge in [0.25, 0.3) is 0 Å². The van der Waals surface area contributed by atoms with Gasteiger partial charge in [0.2, 0.25) is 10.0 Å². The fourth-order valence-corrected chi connectivity index (χ4v) is 3.11. The summed E-state index contributed by atoms with van der Waals surface area (Å²) in [7, 11) is 0.304. The Morgan fingerprint density at radius 3 is 2.82 bits per heavy atom. The predicted octanol–water partition coefficient (Wildman–Crippen LogP) is 1.61. The largest absolute Gasteiger partial charge is 0.497 e. The summed E-state index contributed by atoms with van der Waals surface area (Å²) >= 11 is 0. The summed E-state index contributed by atoms with van der Waals surface area (Å²) in [6, 6.07) is 5.87. The van der Waals surface area contributed by atoms with Gasteiger partial charge in [-0.3, -0.25) is 4.72 Å². The van der Waals surface area contributed by atoms with Gasteiger partial charge in [0, 0.05) is 35.3 Å². The van der Waals surface area contributed by atoms with Crippen LogP contribution in [0.25, 0.3) is 16.5 Å². The van der Waals surface area contributed by atoms with Gasteiger partial charge in [-0.1, -0.05) is 0 Å². The van der Waals surface area contributed by atoms with Crippen molar-refractivity contribution in [3.63, 3.8) is 0 Å². The molecule has 1 aromatic carbocycles. The third-order valence-corrected chi connectivity index (χ3v) is 4.34. The molecule has 0 aliphatic carbocycles. The molecule has 0 fully saturated rings. The smallest absolute Gasteiger partial charge is 0.229 e. The first-order chi connectivity index (χ1) is 10.4. The Hall–Kier alpha value is -1.99. The minimum atomic E-state index is -3.30. The Balaban J connectivity index is 2.22. The van der Waals surface area contributed by atoms with Gasteiger partial charge >= 0.3 is 0 Å². The number of nitrogens with one attached hydrogen (secondary N) is 1. The van der Waals surface area contributed by atoms with Crippen LogP contribution in [0.3, 0.4) is 0 Å². The Labute approximate surface area is 129 Å². The third-order valence-electron chi connectivity index (χ3n) is 3.79. The Morgan fingerprint density at radius 2 is 2.14 bits per heavy atom. The van der Waals surface area contributed by atoms with Crippen LogP contribution in [0.1, 0.15) is 11.3 Å². The molecular weight excluding hydrogens is 304 g/mol. The molecular formula is C15H18N2O4S. The molecule has 0 amide bonds. The van der Waals surface area contributed by atoms with Crippen LogP contribution in [0.2, 0.25) is 0 Å². The van der Waals surface area contributed by atoms with Crippen molar-refractivity contribution in [3.8, 4) is 5.75 Å². The number of methoxy groups -OCH3 is 1. The van der Waals surface area contributed by atoms with Crippen LogP contribution in [-0.2, 0) is 28.4 Å². The molecule has 1 aliphatic heterocycles. The van der Waals surface area contributed by atoms with Gasteiger partial charge in [-0.25, -0.2) is 8.42 Å². The molecule has 0 radical (unpaired) electrons. The summed E-state index contributed by atoms with van der Waals surface area (Å²) in [5.41, 5.74) is 3.90. The van der Waals surface area contributed by atoms with Crippen molar-refractivity contribution in [2.24, 2.45) is 7.05 Å². The molecule has 7 heteroatoms. The molecule has 0 spiro atoms. The molecule has 118 valence electrons. The molecule has 3 rings (SSSR count). The van der Waals surface area contributed by atoms with Crippen LogP contribution in [-0.4, -0.2) is 33.0 Å². The lowest BCUT2D eigenvalue weighted by Crippen LogP contribution is -2.18. The number of nitrogens with zero attached hydrogens (tertiary/aromatic N) is 1. The predicted molar refractivity (Wildman–Crippen MR) is 85.1 cm³/mol. The van der Waals surface area contributed by atoms with Crippen molar-refractivity contribution < 1.29 is 17.9 Å². The maximum absolute atomic E-state index is 11.3. The summed E-state index contributed by atoms with van der Waals surface area (Å²) < 4.78 is 38.0. The van der Waals surface area contributed by atoms with Gasteiger partial charge in [0.1, 0.15) is 5.75 Å². The van der Waals surface area contributed by atoms with Gasteiger partial charge in [-0.05, 0) is 18.2 Å². The average molecular weight is 322 g/mol. The standard InChI is InChI=1S/C15H18N2O4S/c1-17-13-5-4-11(20-2)6-12(13)15-10(7-16-22(3,18)19)8-21-9-14(15)17/h4-7,16H,8-9H2,1-3H3/b10-7-. The lowest BCUT2D eigenvalue weighted by molar-refractivity contribution is 0.141. The van der Waals surface area contributed by atoms with E-state index >= 15 is 0 Å². The van der Waals surface area contributed by atoms with Crippen LogP contribution in [0, 0.1) is 0 Å². The summed E-state index contributed by atoms with van der Waals surface area (Å²) in [4.78, 5) is 0. The van der Waals surface area contributed by atoms with Crippen molar-refractivity contribution >= 4 is 26.5 Å². The van der Waals surface area contributed by atoms with Gasteiger partial charge in [0.05, 0.1) is 32.3 Å². The molecule has 0 bridgehead atoms. The van der Waals surface area contributed by atoms with Crippen molar-refractivity contribution in [1.82, 2.24) is 9.29 Å². The molecule has 1 N–H and O–H groups in total. The van der Waals surface area contributed by atoms with Crippen molar-refractivity contribution in [2.75, 3.05) is 20.0 Å². The number of hydrogen-bond acceptors (Lipinski definition) is 4. The first-order valence-electron chi connectivity index (χ1n) is 6.80. The van der Waals surface area contributed by atoms with E-state index in [-0.39, 0.29) is 0 Å². The molecule has 22 heavy (non-hydrogen) atoms. The normalized spacial score (nSPS) is 16.8. The number of benzene rings is 1. The molecule has 1 aliphatic rings. The van der Waals surface area contributed by atoms with Gasteiger partial charge in [-0.2, -0.15) is 0 Å². The number of sulfonamides is 1. The van der Waals surface area contributed by atoms with E-state index in [0.29, 0.717) is 13.2 Å². The zero-order chi connectivity index (χ0) is 15.9. The average Bonchev–Trinajstić information content (AvgIpc) is 2.78. The number of ether oxygens (including phenoxy) is 2. The number of rotatable bonds is 3. The SMILES string of the molecule is COc1ccc2c(c1)c1c(n2C)COC/C1=C/NS(C)(=O)=O. The van der Waals surface area contributed by atoms with Crippen LogP contribution >= 0.6 is 0 Å². The monoisotopic (exact) mass is 322 g/mol. The molecule has 6 nitrogen and oxygen atoms in total. The maximum Gasteiger partial charge on any atom is 0.229 e. The molecule has 2 heterocycles. The highest BCUT2D eigenvalue weighted by molar-refractivity contribution is 7.88. The number of aryl methyl sites for hydroxylation is 1. The first-order valence-corrected chi connectivity index (χ1v) is 8.69. The molecule has 2 aromatic rings. The second kappa shape index (κ2) is 5.33. The van der Waals surface area contributed by atoms with Crippen LogP contribution in [0.15, 0.2) is 24.4 Å². The van der Waals surface area contributed by atoms with Crippen molar-refractivity contribution in [2.45, 2.75) is 6.61 Å². The third kappa shape index (κ3) is 2.57. The van der Waals surface area contributed by atoms with Gasteiger partial charge in [-0.15, -0.1) is 0 Å². The summed E-state index contributed by atoms with van der Waals surface area (Å²) in [5, 5.41) is 1.03. The maximum atomic E-state index is 11.3. The highest BCUT2D eigenvalue weighted by Gasteiger charge is 2.23. The lowest BCUT2D eigenvalue weighted by atomic mass is 10.0. The van der Waals surface area contributed by atoms with E-state index in [9.17, 15) is 8.42 Å². The summed E-state index contributed by atoms with van der Waals surface area (Å²) in [6.07, 6.45) is 2.63. The fraction of sp³-hybridized carbons (Fsp3) is 0.333. The quantitative estimate of drug-likeness (QED) is 0.932. The Bertz CT molecular complexity index is 865. The first kappa shape index (κ1) is 14.9. The second-order valence-electron chi connectivity index (χ2n) is 5.32. The van der Waals surface area contributed by atoms with Gasteiger partial charge in [0.15, 0.2) is 0 Å². The molecule has 0 atom stereocenters. The van der Waals surface area contributed by atoms with Crippen molar-refractivity contribution in [3.05, 3.63) is 35.7 Å². The number of aromatic nitrogens is 1. The van der Waals surface area contributed by atoms with E-state index < -0.39 is 10.0 Å². The minimum Gasteiger partial charge on any atom is -0.497 e. The zero-order valence-corrected chi connectivity index (χ0v) is 13.5. The minimum absolute atomic E-state index is 0.367. The Kier molecular flexibility index (Phi) is 3.62. The van der Waals surface area contributed by atoms with Crippen LogP contribution < -0.4 is 9.46 Å². The second-order valence-corrected chi connectivity index (χ2v) is 7.10. The number of fused-ring (bicyclic) bond motifs is 3. The molecule has 0 saturated heterocycles. The summed E-state index contributed by atoms with van der Waals surface area (Å²) in [5.74, 6) is 0.766. The van der Waals surface area contributed by atoms with E-state index in [1.807, 2.05) is 25.2 Å². The van der Waals surface area contributed by atoms with E-state index in [4.69, 9.17) is 9.47 Å². The molecule has 1 aromatic heterocycles. The number of hydrogen-bond donors (Lipinski definition) is 1. The van der Waals surface area contributed by atoms with Crippen LogP contribution in [0.5, 0.6) is 5.75 Å². The topological polar surface area (TPSA) is 69.6 Å². The highest BCUT2D eigenvalue weighted by atomic mass is 32.2. The lowest BCUT2D eigenvalue weighted by Gasteiger charge is -2.18. The highest BCUT2D eigenvalue weighted by Crippen LogP contribution is 2.36. The summed E-state index contributed by atoms with van der Waals surface area (Å²) in [6.45, 7) is 0.866. The van der Waals surface area contributed by atoms with E-state index in [1.54, 1.807) is 7.11 Å². The zero-order valence-electron chi connectivity index (χ0n) is 12.7. The van der Waals surface area contributed by atoms with E-state index in [1.165, 1.54) is 6.20 Å². The Morgan fingerprint density at radius 1 is 1.36 bits per heavy atom.